The highest BCUT2D eigenvalue weighted by Crippen LogP contribution is 2.19. The zero-order valence-corrected chi connectivity index (χ0v) is 13.1. The summed E-state index contributed by atoms with van der Waals surface area (Å²) < 4.78 is 23.8. The topological polar surface area (TPSA) is 63.4 Å². The van der Waals surface area contributed by atoms with Crippen molar-refractivity contribution in [2.24, 2.45) is 0 Å². The maximum Gasteiger partial charge on any atom is 0.267 e. The van der Waals surface area contributed by atoms with Crippen molar-refractivity contribution < 1.29 is 18.7 Å². The third-order valence-electron chi connectivity index (χ3n) is 3.52. The van der Waals surface area contributed by atoms with Crippen molar-refractivity contribution in [3.8, 4) is 11.5 Å². The zero-order chi connectivity index (χ0) is 16.9. The highest BCUT2D eigenvalue weighted by molar-refractivity contribution is 5.97. The van der Waals surface area contributed by atoms with Crippen LogP contribution in [0.3, 0.4) is 0 Å². The summed E-state index contributed by atoms with van der Waals surface area (Å²) in [7, 11) is 1.59. The maximum atomic E-state index is 13.2. The second-order valence-corrected chi connectivity index (χ2v) is 5.20. The molecule has 2 N–H and O–H groups in total. The van der Waals surface area contributed by atoms with Crippen LogP contribution < -0.4 is 14.8 Å². The van der Waals surface area contributed by atoms with Crippen LogP contribution in [0.25, 0.3) is 10.9 Å². The van der Waals surface area contributed by atoms with Gasteiger partial charge in [-0.25, -0.2) is 4.39 Å². The van der Waals surface area contributed by atoms with Crippen molar-refractivity contribution in [1.29, 1.82) is 0 Å². The molecular formula is C18H17FN2O3. The van der Waals surface area contributed by atoms with Crippen LogP contribution in [0.5, 0.6) is 11.5 Å². The monoisotopic (exact) mass is 328 g/mol. The molecular weight excluding hydrogens is 311 g/mol. The van der Waals surface area contributed by atoms with E-state index in [4.69, 9.17) is 9.47 Å². The molecule has 0 spiro atoms. The fourth-order valence-corrected chi connectivity index (χ4v) is 2.35. The molecule has 0 bridgehead atoms. The summed E-state index contributed by atoms with van der Waals surface area (Å²) in [4.78, 5) is 15.1. The predicted octanol–water partition coefficient (Wildman–Crippen LogP) is 3.12. The van der Waals surface area contributed by atoms with Gasteiger partial charge in [0, 0.05) is 17.0 Å². The Bertz CT molecular complexity index is 860. The predicted molar refractivity (Wildman–Crippen MR) is 89.1 cm³/mol. The van der Waals surface area contributed by atoms with Crippen molar-refractivity contribution in [3.63, 3.8) is 0 Å². The molecule has 0 aliphatic carbocycles. The van der Waals surface area contributed by atoms with Crippen molar-refractivity contribution in [3.05, 3.63) is 60.0 Å². The number of nitrogens with one attached hydrogen (secondary N) is 2. The van der Waals surface area contributed by atoms with E-state index in [1.165, 1.54) is 12.1 Å². The Morgan fingerprint density at radius 2 is 2.00 bits per heavy atom. The molecule has 1 aromatic heterocycles. The minimum absolute atomic E-state index is 0.263. The molecule has 3 rings (SSSR count). The molecule has 124 valence electrons. The molecule has 5 nitrogen and oxygen atoms in total. The van der Waals surface area contributed by atoms with Gasteiger partial charge in [0.2, 0.25) is 0 Å². The average Bonchev–Trinajstić information content (AvgIpc) is 3.02. The van der Waals surface area contributed by atoms with Crippen LogP contribution in [0.2, 0.25) is 0 Å². The van der Waals surface area contributed by atoms with E-state index in [1.54, 1.807) is 25.3 Å². The summed E-state index contributed by atoms with van der Waals surface area (Å²) in [6, 6.07) is 13.2. The molecule has 0 saturated heterocycles. The molecule has 1 heterocycles. The molecule has 0 unspecified atom stereocenters. The molecule has 0 fully saturated rings. The highest BCUT2D eigenvalue weighted by Gasteiger charge is 2.09. The number of aromatic amines is 1. The van der Waals surface area contributed by atoms with Gasteiger partial charge in [0.25, 0.3) is 5.91 Å². The zero-order valence-electron chi connectivity index (χ0n) is 13.1. The number of methoxy groups -OCH3 is 1. The number of amides is 1. The van der Waals surface area contributed by atoms with E-state index in [0.29, 0.717) is 41.2 Å². The molecule has 0 aliphatic rings. The van der Waals surface area contributed by atoms with Gasteiger partial charge in [-0.15, -0.1) is 0 Å². The largest absolute Gasteiger partial charge is 0.497 e. The first kappa shape index (κ1) is 15.9. The number of hydrogen-bond acceptors (Lipinski definition) is 3. The van der Waals surface area contributed by atoms with Gasteiger partial charge in [0.1, 0.15) is 29.6 Å². The van der Waals surface area contributed by atoms with E-state index in [2.05, 4.69) is 10.3 Å². The molecule has 24 heavy (non-hydrogen) atoms. The van der Waals surface area contributed by atoms with E-state index in [1.807, 2.05) is 18.2 Å². The Balaban J connectivity index is 1.53. The second kappa shape index (κ2) is 7.04. The lowest BCUT2D eigenvalue weighted by Crippen LogP contribution is -2.28. The van der Waals surface area contributed by atoms with Gasteiger partial charge in [0.15, 0.2) is 0 Å². The van der Waals surface area contributed by atoms with E-state index in [-0.39, 0.29) is 11.7 Å². The standard InChI is InChI=1S/C18H17FN2O3/c1-23-14-3-2-4-15(11-14)24-8-7-20-18(22)17-10-12-9-13(19)5-6-16(12)21-17/h2-6,9-11,21H,7-8H2,1H3,(H,20,22). The number of aromatic nitrogens is 1. The normalized spacial score (nSPS) is 10.6. The summed E-state index contributed by atoms with van der Waals surface area (Å²) in [5.74, 6) is 0.785. The summed E-state index contributed by atoms with van der Waals surface area (Å²) >= 11 is 0. The Hall–Kier alpha value is -3.02. The van der Waals surface area contributed by atoms with Crippen LogP contribution in [0.4, 0.5) is 4.39 Å². The Morgan fingerprint density at radius 1 is 1.17 bits per heavy atom. The number of ether oxygens (including phenoxy) is 2. The van der Waals surface area contributed by atoms with E-state index < -0.39 is 0 Å². The lowest BCUT2D eigenvalue weighted by Gasteiger charge is -2.08. The molecule has 0 saturated carbocycles. The SMILES string of the molecule is COc1cccc(OCCNC(=O)c2cc3cc(F)ccc3[nH]2)c1. The van der Waals surface area contributed by atoms with Gasteiger partial charge in [-0.2, -0.15) is 0 Å². The van der Waals surface area contributed by atoms with Crippen molar-refractivity contribution in [1.82, 2.24) is 10.3 Å². The van der Waals surface area contributed by atoms with Crippen LogP contribution in [0.1, 0.15) is 10.5 Å². The maximum absolute atomic E-state index is 13.2. The molecule has 6 heteroatoms. The summed E-state index contributed by atoms with van der Waals surface area (Å²) in [5, 5.41) is 3.41. The Morgan fingerprint density at radius 3 is 2.83 bits per heavy atom. The first-order valence-electron chi connectivity index (χ1n) is 7.49. The molecule has 2 aromatic carbocycles. The van der Waals surface area contributed by atoms with Gasteiger partial charge >= 0.3 is 0 Å². The summed E-state index contributed by atoms with van der Waals surface area (Å²) in [6.07, 6.45) is 0. The highest BCUT2D eigenvalue weighted by atomic mass is 19.1. The second-order valence-electron chi connectivity index (χ2n) is 5.20. The van der Waals surface area contributed by atoms with E-state index in [0.717, 1.165) is 0 Å². The van der Waals surface area contributed by atoms with Crippen molar-refractivity contribution >= 4 is 16.8 Å². The number of fused-ring (bicyclic) bond motifs is 1. The lowest BCUT2D eigenvalue weighted by molar-refractivity contribution is 0.0943. The van der Waals surface area contributed by atoms with Crippen molar-refractivity contribution in [2.45, 2.75) is 0 Å². The van der Waals surface area contributed by atoms with Gasteiger partial charge in [-0.3, -0.25) is 4.79 Å². The van der Waals surface area contributed by atoms with Crippen LogP contribution in [0.15, 0.2) is 48.5 Å². The quantitative estimate of drug-likeness (QED) is 0.683. The number of rotatable bonds is 6. The number of benzene rings is 2. The number of halogens is 1. The van der Waals surface area contributed by atoms with Gasteiger partial charge in [-0.1, -0.05) is 6.07 Å². The fourth-order valence-electron chi connectivity index (χ4n) is 2.35. The minimum atomic E-state index is -0.333. The summed E-state index contributed by atoms with van der Waals surface area (Å²) in [5.41, 5.74) is 1.10. The minimum Gasteiger partial charge on any atom is -0.497 e. The van der Waals surface area contributed by atoms with Gasteiger partial charge in [-0.05, 0) is 36.4 Å². The number of carbonyl (C=O) groups is 1. The molecule has 1 amide bonds. The van der Waals surface area contributed by atoms with Crippen LogP contribution in [-0.2, 0) is 0 Å². The summed E-state index contributed by atoms with van der Waals surface area (Å²) in [6.45, 7) is 0.674. The first-order valence-corrected chi connectivity index (χ1v) is 7.49. The van der Waals surface area contributed by atoms with Crippen LogP contribution >= 0.6 is 0 Å². The van der Waals surface area contributed by atoms with Crippen LogP contribution in [0, 0.1) is 5.82 Å². The lowest BCUT2D eigenvalue weighted by atomic mass is 10.2. The van der Waals surface area contributed by atoms with Crippen molar-refractivity contribution in [2.75, 3.05) is 20.3 Å². The third kappa shape index (κ3) is 3.65. The van der Waals surface area contributed by atoms with Gasteiger partial charge < -0.3 is 19.8 Å². The molecule has 0 atom stereocenters. The smallest absolute Gasteiger partial charge is 0.267 e. The van der Waals surface area contributed by atoms with Gasteiger partial charge in [0.05, 0.1) is 13.7 Å². The van der Waals surface area contributed by atoms with Crippen LogP contribution in [-0.4, -0.2) is 31.2 Å². The first-order chi connectivity index (χ1) is 11.7. The van der Waals surface area contributed by atoms with E-state index >= 15 is 0 Å². The molecule has 0 radical (unpaired) electrons. The third-order valence-corrected chi connectivity index (χ3v) is 3.52. The van der Waals surface area contributed by atoms with E-state index in [9.17, 15) is 9.18 Å². The Labute approximate surface area is 138 Å². The number of H-pyrrole nitrogens is 1. The molecule has 0 aliphatic heterocycles. The molecule has 3 aromatic rings. The fraction of sp³-hybridized carbons (Fsp3) is 0.167. The number of hydrogen-bond donors (Lipinski definition) is 2. The number of carbonyl (C=O) groups excluding carboxylic acids is 1. The Kier molecular flexibility index (Phi) is 4.65. The average molecular weight is 328 g/mol.